The van der Waals surface area contributed by atoms with Gasteiger partial charge in [-0.1, -0.05) is 0 Å². The summed E-state index contributed by atoms with van der Waals surface area (Å²) in [5.74, 6) is 0. The van der Waals surface area contributed by atoms with Gasteiger partial charge in [-0.3, -0.25) is 0 Å². The Labute approximate surface area is 85.8 Å². The molecule has 0 aromatic heterocycles. The molecule has 0 radical (unpaired) electrons. The normalized spacial score (nSPS) is 8.27. The minimum atomic E-state index is -1.11. The minimum absolute atomic E-state index is 0.406. The van der Waals surface area contributed by atoms with Crippen molar-refractivity contribution in [3.05, 3.63) is 0 Å². The molecular formula is C7H14N2O6. The number of nitrogens with one attached hydrogen (secondary N) is 2. The molecule has 0 fully saturated rings. The molecule has 0 aliphatic rings. The van der Waals surface area contributed by atoms with Crippen LogP contribution in [0.1, 0.15) is 0 Å². The smallest absolute Gasteiger partial charge is 0.231 e. The van der Waals surface area contributed by atoms with Gasteiger partial charge in [-0.2, -0.15) is 0 Å². The van der Waals surface area contributed by atoms with Crippen LogP contribution in [0.5, 0.6) is 0 Å². The number of aliphatic hydroxyl groups excluding tert-OH is 4. The minimum Gasteiger partial charge on any atom is -0.396 e. The fraction of sp³-hybridized carbons (Fsp3) is 0.714. The monoisotopic (exact) mass is 222 g/mol. The summed E-state index contributed by atoms with van der Waals surface area (Å²) in [6, 6.07) is 0. The van der Waals surface area contributed by atoms with E-state index in [4.69, 9.17) is 40.8 Å². The highest BCUT2D eigenvalue weighted by atomic mass is 16.3. The predicted octanol–water partition coefficient (Wildman–Crippen LogP) is -2.26. The first-order valence-corrected chi connectivity index (χ1v) is 3.59. The standard InChI is InChI=1S/C5H12O4.2CHNO/c6-1-5(2-7,3-8)4-9;2*2-1-3/h6-9H,1-4H2;2*2H. The Morgan fingerprint density at radius 3 is 0.933 bits per heavy atom. The zero-order chi connectivity index (χ0) is 12.7. The molecule has 0 spiro atoms. The topological polar surface area (TPSA) is 163 Å². The van der Waals surface area contributed by atoms with E-state index in [-0.39, 0.29) is 0 Å². The van der Waals surface area contributed by atoms with Crippen LogP contribution in [0.2, 0.25) is 0 Å². The van der Waals surface area contributed by atoms with Crippen LogP contribution in [0.15, 0.2) is 0 Å². The fourth-order valence-electron chi connectivity index (χ4n) is 0.300. The van der Waals surface area contributed by atoms with Gasteiger partial charge in [-0.05, 0) is 0 Å². The summed E-state index contributed by atoms with van der Waals surface area (Å²) >= 11 is 0. The van der Waals surface area contributed by atoms with Gasteiger partial charge in [-0.25, -0.2) is 20.4 Å². The average Bonchev–Trinajstić information content (AvgIpc) is 2.24. The zero-order valence-corrected chi connectivity index (χ0v) is 7.93. The number of rotatable bonds is 4. The van der Waals surface area contributed by atoms with E-state index in [9.17, 15) is 0 Å². The molecule has 0 atom stereocenters. The maximum Gasteiger partial charge on any atom is 0.231 e. The summed E-state index contributed by atoms with van der Waals surface area (Å²) in [5.41, 5.74) is -1.11. The van der Waals surface area contributed by atoms with Crippen LogP contribution >= 0.6 is 0 Å². The van der Waals surface area contributed by atoms with Gasteiger partial charge >= 0.3 is 0 Å². The molecule has 0 saturated heterocycles. The highest BCUT2D eigenvalue weighted by Crippen LogP contribution is 2.11. The summed E-state index contributed by atoms with van der Waals surface area (Å²) in [7, 11) is 0. The lowest BCUT2D eigenvalue weighted by atomic mass is 9.93. The molecule has 6 N–H and O–H groups in total. The van der Waals surface area contributed by atoms with E-state index in [1.165, 1.54) is 0 Å². The van der Waals surface area contributed by atoms with Crippen molar-refractivity contribution in [2.45, 2.75) is 0 Å². The van der Waals surface area contributed by atoms with E-state index in [0.29, 0.717) is 0 Å². The Bertz CT molecular complexity index is 162. The average molecular weight is 222 g/mol. The summed E-state index contributed by atoms with van der Waals surface area (Å²) in [5, 5.41) is 44.8. The Kier molecular flexibility index (Phi) is 19.3. The van der Waals surface area contributed by atoms with Crippen molar-refractivity contribution < 1.29 is 30.0 Å². The number of hydrogen-bond acceptors (Lipinski definition) is 8. The molecule has 0 rings (SSSR count). The first-order chi connectivity index (χ1) is 7.07. The van der Waals surface area contributed by atoms with E-state index in [0.717, 1.165) is 12.2 Å². The van der Waals surface area contributed by atoms with Gasteiger partial charge in [0.1, 0.15) is 0 Å². The maximum absolute atomic E-state index is 8.50. The lowest BCUT2D eigenvalue weighted by molar-refractivity contribution is -0.0328. The van der Waals surface area contributed by atoms with Crippen LogP contribution < -0.4 is 0 Å². The van der Waals surface area contributed by atoms with Gasteiger partial charge in [-0.15, -0.1) is 0 Å². The zero-order valence-electron chi connectivity index (χ0n) is 7.93. The molecule has 0 heterocycles. The van der Waals surface area contributed by atoms with Crippen molar-refractivity contribution in [1.82, 2.24) is 0 Å². The first-order valence-electron chi connectivity index (χ1n) is 3.59. The second kappa shape index (κ2) is 15.1. The van der Waals surface area contributed by atoms with Gasteiger partial charge in [0.05, 0.1) is 31.8 Å². The summed E-state index contributed by atoms with van der Waals surface area (Å²) in [4.78, 5) is 16.7. The molecule has 8 nitrogen and oxygen atoms in total. The van der Waals surface area contributed by atoms with Crippen LogP contribution in [-0.2, 0) is 9.59 Å². The maximum atomic E-state index is 8.50. The van der Waals surface area contributed by atoms with Crippen molar-refractivity contribution in [2.75, 3.05) is 26.4 Å². The molecule has 8 heteroatoms. The quantitative estimate of drug-likeness (QED) is 0.232. The fourth-order valence-corrected chi connectivity index (χ4v) is 0.300. The molecule has 0 aromatic carbocycles. The molecule has 88 valence electrons. The van der Waals surface area contributed by atoms with Crippen LogP contribution in [0.4, 0.5) is 0 Å². The Balaban J connectivity index is -0.000000200. The number of hydrogen-bond donors (Lipinski definition) is 6. The largest absolute Gasteiger partial charge is 0.396 e. The van der Waals surface area contributed by atoms with Gasteiger partial charge in [0, 0.05) is 0 Å². The van der Waals surface area contributed by atoms with Crippen LogP contribution in [-0.4, -0.2) is 59.0 Å². The highest BCUT2D eigenvalue weighted by Gasteiger charge is 2.26. The van der Waals surface area contributed by atoms with E-state index in [1.807, 2.05) is 0 Å². The van der Waals surface area contributed by atoms with E-state index in [1.54, 1.807) is 0 Å². The summed E-state index contributed by atoms with van der Waals surface area (Å²) in [6.07, 6.45) is 1.50. The van der Waals surface area contributed by atoms with Gasteiger partial charge in [0.25, 0.3) is 0 Å². The second-order valence-electron chi connectivity index (χ2n) is 2.34. The molecule has 0 amide bonds. The SMILES string of the molecule is N=C=O.N=C=O.OCC(CO)(CO)CO. The van der Waals surface area contributed by atoms with E-state index in [2.05, 4.69) is 0 Å². The molecule has 0 bridgehead atoms. The van der Waals surface area contributed by atoms with Crippen LogP contribution in [0.3, 0.4) is 0 Å². The second-order valence-corrected chi connectivity index (χ2v) is 2.34. The molecule has 0 aliphatic heterocycles. The molecule has 0 unspecified atom stereocenters. The molecule has 15 heavy (non-hydrogen) atoms. The lowest BCUT2D eigenvalue weighted by Crippen LogP contribution is -2.37. The highest BCUT2D eigenvalue weighted by molar-refractivity contribution is 5.26. The molecule has 0 saturated carbocycles. The molecule has 0 aliphatic carbocycles. The van der Waals surface area contributed by atoms with Gasteiger partial charge in [0.2, 0.25) is 12.2 Å². The summed E-state index contributed by atoms with van der Waals surface area (Å²) in [6.45, 7) is -1.62. The predicted molar refractivity (Wildman–Crippen MR) is 47.6 cm³/mol. The van der Waals surface area contributed by atoms with Crippen molar-refractivity contribution in [3.63, 3.8) is 0 Å². The summed E-state index contributed by atoms with van der Waals surface area (Å²) < 4.78 is 0. The first kappa shape index (κ1) is 19.2. The van der Waals surface area contributed by atoms with Gasteiger partial charge < -0.3 is 20.4 Å². The van der Waals surface area contributed by atoms with Crippen molar-refractivity contribution in [2.24, 2.45) is 5.41 Å². The third-order valence-corrected chi connectivity index (χ3v) is 1.34. The van der Waals surface area contributed by atoms with E-state index < -0.39 is 31.8 Å². The lowest BCUT2D eigenvalue weighted by Gasteiger charge is -2.23. The van der Waals surface area contributed by atoms with E-state index >= 15 is 0 Å². The van der Waals surface area contributed by atoms with Crippen molar-refractivity contribution in [3.8, 4) is 0 Å². The van der Waals surface area contributed by atoms with Crippen LogP contribution in [0, 0.1) is 16.2 Å². The third kappa shape index (κ3) is 12.6. The third-order valence-electron chi connectivity index (χ3n) is 1.34. The van der Waals surface area contributed by atoms with Gasteiger partial charge in [0.15, 0.2) is 0 Å². The molecular weight excluding hydrogens is 208 g/mol. The van der Waals surface area contributed by atoms with Crippen molar-refractivity contribution in [1.29, 1.82) is 10.8 Å². The Morgan fingerprint density at radius 1 is 0.800 bits per heavy atom. The van der Waals surface area contributed by atoms with Crippen LogP contribution in [0.25, 0.3) is 0 Å². The Hall–Kier alpha value is -1.40. The number of isocyanates is 2. The Morgan fingerprint density at radius 2 is 0.933 bits per heavy atom. The number of carbonyl (C=O) groups excluding carboxylic acids is 2. The number of aliphatic hydroxyl groups is 4. The van der Waals surface area contributed by atoms with Crippen molar-refractivity contribution >= 4 is 12.2 Å². The molecule has 0 aromatic rings.